The van der Waals surface area contributed by atoms with Crippen molar-refractivity contribution in [2.45, 2.75) is 20.5 Å². The first-order valence-electron chi connectivity index (χ1n) is 6.80. The van der Waals surface area contributed by atoms with Crippen LogP contribution in [0.3, 0.4) is 0 Å². The third kappa shape index (κ3) is 2.94. The molecule has 0 fully saturated rings. The van der Waals surface area contributed by atoms with Gasteiger partial charge >= 0.3 is 6.09 Å². The van der Waals surface area contributed by atoms with Crippen molar-refractivity contribution in [3.63, 3.8) is 0 Å². The van der Waals surface area contributed by atoms with E-state index >= 15 is 0 Å². The molecule has 22 heavy (non-hydrogen) atoms. The van der Waals surface area contributed by atoms with Gasteiger partial charge in [-0.15, -0.1) is 11.3 Å². The Morgan fingerprint density at radius 1 is 1.41 bits per heavy atom. The number of imidazole rings is 1. The summed E-state index contributed by atoms with van der Waals surface area (Å²) in [6, 6.07) is 5.82. The van der Waals surface area contributed by atoms with E-state index in [9.17, 15) is 4.79 Å². The van der Waals surface area contributed by atoms with Crippen molar-refractivity contribution in [3.8, 4) is 0 Å². The highest BCUT2D eigenvalue weighted by Gasteiger charge is 2.10. The maximum absolute atomic E-state index is 11.8. The predicted molar refractivity (Wildman–Crippen MR) is 86.1 cm³/mol. The van der Waals surface area contributed by atoms with Gasteiger partial charge in [0, 0.05) is 7.05 Å². The van der Waals surface area contributed by atoms with E-state index < -0.39 is 6.09 Å². The minimum absolute atomic E-state index is 0.204. The molecule has 0 saturated carbocycles. The number of aromatic nitrogens is 3. The number of aryl methyl sites for hydroxylation is 3. The fourth-order valence-corrected chi connectivity index (χ4v) is 3.00. The molecule has 0 atom stereocenters. The summed E-state index contributed by atoms with van der Waals surface area (Å²) >= 11 is 1.43. The van der Waals surface area contributed by atoms with Crippen molar-refractivity contribution in [3.05, 3.63) is 40.8 Å². The smallest absolute Gasteiger partial charge is 0.412 e. The SMILES string of the molecule is Cc1nc(C)c(NC(=O)OCc2ccc3c(c2)ncn3C)s1. The quantitative estimate of drug-likeness (QED) is 0.804. The van der Waals surface area contributed by atoms with E-state index in [1.807, 2.05) is 43.7 Å². The Morgan fingerprint density at radius 2 is 2.23 bits per heavy atom. The van der Waals surface area contributed by atoms with Crippen molar-refractivity contribution in [2.24, 2.45) is 7.05 Å². The van der Waals surface area contributed by atoms with E-state index in [2.05, 4.69) is 15.3 Å². The molecule has 0 spiro atoms. The van der Waals surface area contributed by atoms with Gasteiger partial charge in [-0.2, -0.15) is 0 Å². The van der Waals surface area contributed by atoms with Crippen molar-refractivity contribution in [2.75, 3.05) is 5.32 Å². The topological polar surface area (TPSA) is 69.0 Å². The van der Waals surface area contributed by atoms with Crippen LogP contribution in [0.25, 0.3) is 11.0 Å². The molecule has 0 radical (unpaired) electrons. The molecule has 2 aromatic heterocycles. The second-order valence-corrected chi connectivity index (χ2v) is 6.23. The van der Waals surface area contributed by atoms with Crippen LogP contribution >= 0.6 is 11.3 Å². The zero-order chi connectivity index (χ0) is 15.7. The molecule has 0 bridgehead atoms. The first-order chi connectivity index (χ1) is 10.5. The molecule has 1 N–H and O–H groups in total. The molecule has 0 aliphatic heterocycles. The third-order valence-corrected chi connectivity index (χ3v) is 4.27. The number of nitrogens with one attached hydrogen (secondary N) is 1. The highest BCUT2D eigenvalue weighted by molar-refractivity contribution is 7.16. The fourth-order valence-electron chi connectivity index (χ4n) is 2.20. The number of ether oxygens (including phenoxy) is 1. The minimum Gasteiger partial charge on any atom is -0.444 e. The van der Waals surface area contributed by atoms with Crippen molar-refractivity contribution in [1.82, 2.24) is 14.5 Å². The van der Waals surface area contributed by atoms with Crippen LogP contribution in [-0.4, -0.2) is 20.6 Å². The predicted octanol–water partition coefficient (Wildman–Crippen LogP) is 3.40. The van der Waals surface area contributed by atoms with Crippen molar-refractivity contribution >= 4 is 33.5 Å². The van der Waals surface area contributed by atoms with E-state index in [4.69, 9.17) is 4.74 Å². The van der Waals surface area contributed by atoms with Crippen molar-refractivity contribution < 1.29 is 9.53 Å². The lowest BCUT2D eigenvalue weighted by atomic mass is 10.2. The van der Waals surface area contributed by atoms with Crippen LogP contribution in [0.4, 0.5) is 9.80 Å². The molecule has 2 heterocycles. The summed E-state index contributed by atoms with van der Waals surface area (Å²) in [4.78, 5) is 20.4. The molecule has 3 rings (SSSR count). The highest BCUT2D eigenvalue weighted by Crippen LogP contribution is 2.23. The van der Waals surface area contributed by atoms with Gasteiger partial charge in [0.2, 0.25) is 0 Å². The number of carbonyl (C=O) groups excluding carboxylic acids is 1. The second kappa shape index (κ2) is 5.76. The highest BCUT2D eigenvalue weighted by atomic mass is 32.1. The Balaban J connectivity index is 1.63. The number of rotatable bonds is 3. The number of fused-ring (bicyclic) bond motifs is 1. The molecular formula is C15H16N4O2S. The molecule has 114 valence electrons. The van der Waals surface area contributed by atoms with Crippen LogP contribution < -0.4 is 5.32 Å². The number of thiazole rings is 1. The summed E-state index contributed by atoms with van der Waals surface area (Å²) in [5.74, 6) is 0. The largest absolute Gasteiger partial charge is 0.444 e. The van der Waals surface area contributed by atoms with Gasteiger partial charge in [0.1, 0.15) is 11.6 Å². The summed E-state index contributed by atoms with van der Waals surface area (Å²) in [5, 5.41) is 4.35. The van der Waals surface area contributed by atoms with Gasteiger partial charge in [-0.05, 0) is 31.5 Å². The molecular weight excluding hydrogens is 300 g/mol. The number of amides is 1. The Hall–Kier alpha value is -2.41. The lowest BCUT2D eigenvalue weighted by molar-refractivity contribution is 0.155. The number of carbonyl (C=O) groups is 1. The first kappa shape index (κ1) is 14.5. The van der Waals surface area contributed by atoms with Crippen LogP contribution in [0.2, 0.25) is 0 Å². The average molecular weight is 316 g/mol. The Morgan fingerprint density at radius 3 is 2.95 bits per heavy atom. The summed E-state index contributed by atoms with van der Waals surface area (Å²) < 4.78 is 7.19. The van der Waals surface area contributed by atoms with Crippen LogP contribution in [0, 0.1) is 13.8 Å². The number of benzene rings is 1. The molecule has 7 heteroatoms. The zero-order valence-electron chi connectivity index (χ0n) is 12.6. The molecule has 0 aliphatic carbocycles. The van der Waals surface area contributed by atoms with Crippen LogP contribution in [0.1, 0.15) is 16.3 Å². The summed E-state index contributed by atoms with van der Waals surface area (Å²) in [5.41, 5.74) is 3.63. The number of nitrogens with zero attached hydrogens (tertiary/aromatic N) is 3. The van der Waals surface area contributed by atoms with Gasteiger partial charge in [0.25, 0.3) is 0 Å². The van der Waals surface area contributed by atoms with Crippen molar-refractivity contribution in [1.29, 1.82) is 0 Å². The molecule has 0 saturated heterocycles. The number of hydrogen-bond acceptors (Lipinski definition) is 5. The minimum atomic E-state index is -0.479. The van der Waals surface area contributed by atoms with Gasteiger partial charge in [-0.25, -0.2) is 14.8 Å². The van der Waals surface area contributed by atoms with Gasteiger partial charge in [-0.1, -0.05) is 6.07 Å². The van der Waals surface area contributed by atoms with Gasteiger partial charge < -0.3 is 9.30 Å². The summed E-state index contributed by atoms with van der Waals surface area (Å²) in [7, 11) is 1.94. The number of hydrogen-bond donors (Lipinski definition) is 1. The van der Waals surface area contributed by atoms with Crippen LogP contribution in [0.15, 0.2) is 24.5 Å². The molecule has 1 amide bonds. The van der Waals surface area contributed by atoms with E-state index in [-0.39, 0.29) is 6.61 Å². The molecule has 1 aromatic carbocycles. The maximum Gasteiger partial charge on any atom is 0.412 e. The third-order valence-electron chi connectivity index (χ3n) is 3.28. The standard InChI is InChI=1S/C15H16N4O2S/c1-9-14(22-10(2)17-9)18-15(20)21-7-11-4-5-13-12(6-11)16-8-19(13)3/h4-6,8H,7H2,1-3H3,(H,18,20). The Kier molecular flexibility index (Phi) is 3.81. The monoisotopic (exact) mass is 316 g/mol. The van der Waals surface area contributed by atoms with Gasteiger partial charge in [0.05, 0.1) is 28.1 Å². The lowest BCUT2D eigenvalue weighted by Crippen LogP contribution is -2.13. The van der Waals surface area contributed by atoms with E-state index in [1.54, 1.807) is 6.33 Å². The van der Waals surface area contributed by atoms with E-state index in [1.165, 1.54) is 11.3 Å². The second-order valence-electron chi connectivity index (χ2n) is 5.03. The first-order valence-corrected chi connectivity index (χ1v) is 7.62. The average Bonchev–Trinajstić information content (AvgIpc) is 3.00. The summed E-state index contributed by atoms with van der Waals surface area (Å²) in [6.07, 6.45) is 1.28. The Bertz CT molecular complexity index is 837. The molecule has 3 aromatic rings. The fraction of sp³-hybridized carbons (Fsp3) is 0.267. The molecule has 6 nitrogen and oxygen atoms in total. The maximum atomic E-state index is 11.8. The van der Waals surface area contributed by atoms with Crippen LogP contribution in [0.5, 0.6) is 0 Å². The van der Waals surface area contributed by atoms with Gasteiger partial charge in [0.15, 0.2) is 0 Å². The lowest BCUT2D eigenvalue weighted by Gasteiger charge is -2.06. The Labute approximate surface area is 131 Å². The zero-order valence-corrected chi connectivity index (χ0v) is 13.4. The molecule has 0 aliphatic rings. The number of anilines is 1. The molecule has 0 unspecified atom stereocenters. The van der Waals surface area contributed by atoms with Crippen LogP contribution in [-0.2, 0) is 18.4 Å². The normalized spacial score (nSPS) is 10.9. The van der Waals surface area contributed by atoms with E-state index in [0.717, 1.165) is 32.3 Å². The van der Waals surface area contributed by atoms with E-state index in [0.29, 0.717) is 0 Å². The summed E-state index contributed by atoms with van der Waals surface area (Å²) in [6.45, 7) is 3.96. The van der Waals surface area contributed by atoms with Gasteiger partial charge in [-0.3, -0.25) is 5.32 Å².